The van der Waals surface area contributed by atoms with Crippen LogP contribution in [-0.2, 0) is 0 Å². The Hall–Kier alpha value is -1.18. The van der Waals surface area contributed by atoms with E-state index >= 15 is 0 Å². The van der Waals surface area contributed by atoms with Crippen LogP contribution in [-0.4, -0.2) is 47.5 Å². The predicted molar refractivity (Wildman–Crippen MR) is 70.3 cm³/mol. The standard InChI is InChI=1S/C12H15F3N2O2.ClH/c13-12(14,15)11(17-5-3-16-4-6-17)9-7-8(18)1-2-10(9)19;/h1-2,7,11,16,18-19H,3-6H2;1H/t11-;/m1./s1. The smallest absolute Gasteiger partial charge is 0.408 e. The molecule has 0 bridgehead atoms. The summed E-state index contributed by atoms with van der Waals surface area (Å²) in [6.07, 6.45) is -4.51. The number of nitrogens with one attached hydrogen (secondary N) is 1. The van der Waals surface area contributed by atoms with Crippen molar-refractivity contribution in [3.05, 3.63) is 23.8 Å². The van der Waals surface area contributed by atoms with E-state index in [1.165, 1.54) is 4.90 Å². The van der Waals surface area contributed by atoms with Crippen LogP contribution >= 0.6 is 12.4 Å². The highest BCUT2D eigenvalue weighted by Gasteiger charge is 2.46. The Balaban J connectivity index is 0.00000200. The van der Waals surface area contributed by atoms with Gasteiger partial charge in [-0.1, -0.05) is 0 Å². The Morgan fingerprint density at radius 2 is 1.75 bits per heavy atom. The Morgan fingerprint density at radius 3 is 2.30 bits per heavy atom. The molecule has 1 fully saturated rings. The molecule has 0 amide bonds. The Kier molecular flexibility index (Phi) is 5.50. The van der Waals surface area contributed by atoms with E-state index in [0.29, 0.717) is 13.1 Å². The van der Waals surface area contributed by atoms with E-state index in [-0.39, 0.29) is 36.8 Å². The van der Waals surface area contributed by atoms with Crippen LogP contribution in [0, 0.1) is 0 Å². The van der Waals surface area contributed by atoms with Crippen molar-refractivity contribution < 1.29 is 23.4 Å². The van der Waals surface area contributed by atoms with E-state index in [0.717, 1.165) is 18.2 Å². The van der Waals surface area contributed by atoms with Gasteiger partial charge in [0.15, 0.2) is 0 Å². The fourth-order valence-corrected chi connectivity index (χ4v) is 2.28. The lowest BCUT2D eigenvalue weighted by Gasteiger charge is -2.36. The van der Waals surface area contributed by atoms with Crippen molar-refractivity contribution in [2.45, 2.75) is 12.2 Å². The van der Waals surface area contributed by atoms with Gasteiger partial charge in [-0.15, -0.1) is 12.4 Å². The Labute approximate surface area is 120 Å². The number of hydrogen-bond donors (Lipinski definition) is 3. The van der Waals surface area contributed by atoms with Gasteiger partial charge in [-0.2, -0.15) is 13.2 Å². The zero-order chi connectivity index (χ0) is 14.0. The summed E-state index contributed by atoms with van der Waals surface area (Å²) in [7, 11) is 0. The number of benzene rings is 1. The van der Waals surface area contributed by atoms with Gasteiger partial charge in [0, 0.05) is 31.7 Å². The van der Waals surface area contributed by atoms with Crippen LogP contribution in [0.15, 0.2) is 18.2 Å². The van der Waals surface area contributed by atoms with E-state index < -0.39 is 18.0 Å². The second-order valence-electron chi connectivity index (χ2n) is 4.47. The number of rotatable bonds is 2. The summed E-state index contributed by atoms with van der Waals surface area (Å²) in [6, 6.07) is 1.30. The lowest BCUT2D eigenvalue weighted by Crippen LogP contribution is -2.49. The molecule has 20 heavy (non-hydrogen) atoms. The third-order valence-electron chi connectivity index (χ3n) is 3.13. The van der Waals surface area contributed by atoms with Crippen LogP contribution in [0.2, 0.25) is 0 Å². The fourth-order valence-electron chi connectivity index (χ4n) is 2.28. The van der Waals surface area contributed by atoms with Gasteiger partial charge in [0.1, 0.15) is 17.5 Å². The molecule has 1 aliphatic heterocycles. The maximum atomic E-state index is 13.2. The molecule has 2 rings (SSSR count). The molecule has 4 nitrogen and oxygen atoms in total. The van der Waals surface area contributed by atoms with Gasteiger partial charge in [-0.3, -0.25) is 4.90 Å². The molecule has 1 atom stereocenters. The lowest BCUT2D eigenvalue weighted by atomic mass is 10.0. The van der Waals surface area contributed by atoms with Crippen molar-refractivity contribution in [3.63, 3.8) is 0 Å². The van der Waals surface area contributed by atoms with Crippen molar-refractivity contribution in [1.29, 1.82) is 0 Å². The fraction of sp³-hybridized carbons (Fsp3) is 0.500. The molecule has 1 aliphatic rings. The van der Waals surface area contributed by atoms with E-state index in [1.807, 2.05) is 0 Å². The van der Waals surface area contributed by atoms with Gasteiger partial charge in [0.2, 0.25) is 0 Å². The normalized spacial score (nSPS) is 18.4. The Morgan fingerprint density at radius 1 is 1.15 bits per heavy atom. The van der Waals surface area contributed by atoms with Crippen molar-refractivity contribution >= 4 is 12.4 Å². The van der Waals surface area contributed by atoms with Gasteiger partial charge in [0.25, 0.3) is 0 Å². The average Bonchev–Trinajstić information content (AvgIpc) is 2.33. The van der Waals surface area contributed by atoms with Crippen molar-refractivity contribution in [2.75, 3.05) is 26.2 Å². The number of phenolic OH excluding ortho intramolecular Hbond substituents is 2. The monoisotopic (exact) mass is 312 g/mol. The summed E-state index contributed by atoms with van der Waals surface area (Å²) >= 11 is 0. The maximum absolute atomic E-state index is 13.2. The summed E-state index contributed by atoms with van der Waals surface area (Å²) in [4.78, 5) is 1.25. The summed E-state index contributed by atoms with van der Waals surface area (Å²) in [6.45, 7) is 1.40. The average molecular weight is 313 g/mol. The molecular weight excluding hydrogens is 297 g/mol. The number of piperazine rings is 1. The molecule has 0 aromatic heterocycles. The molecule has 0 saturated carbocycles. The molecular formula is C12H16ClF3N2O2. The summed E-state index contributed by atoms with van der Waals surface area (Å²) < 4.78 is 39.7. The first-order chi connectivity index (χ1) is 8.89. The number of halogens is 4. The van der Waals surface area contributed by atoms with Crippen molar-refractivity contribution in [3.8, 4) is 11.5 Å². The number of phenols is 2. The minimum atomic E-state index is -4.51. The largest absolute Gasteiger partial charge is 0.508 e. The first kappa shape index (κ1) is 16.9. The molecule has 3 N–H and O–H groups in total. The van der Waals surface area contributed by atoms with Crippen LogP contribution in [0.5, 0.6) is 11.5 Å². The summed E-state index contributed by atoms with van der Waals surface area (Å²) in [5.41, 5.74) is -0.311. The Bertz CT molecular complexity index is 451. The van der Waals surface area contributed by atoms with Crippen LogP contribution in [0.1, 0.15) is 11.6 Å². The third kappa shape index (κ3) is 3.68. The zero-order valence-corrected chi connectivity index (χ0v) is 11.3. The highest BCUT2D eigenvalue weighted by Crippen LogP contribution is 2.42. The second kappa shape index (κ2) is 6.51. The molecule has 1 aromatic carbocycles. The predicted octanol–water partition coefficient (Wildman–Crippen LogP) is 2.03. The van der Waals surface area contributed by atoms with Crippen LogP contribution in [0.3, 0.4) is 0 Å². The molecule has 1 saturated heterocycles. The number of hydrogen-bond acceptors (Lipinski definition) is 4. The van der Waals surface area contributed by atoms with Crippen LogP contribution < -0.4 is 5.32 Å². The quantitative estimate of drug-likeness (QED) is 0.732. The van der Waals surface area contributed by atoms with Crippen molar-refractivity contribution in [2.24, 2.45) is 0 Å². The molecule has 0 unspecified atom stereocenters. The van der Waals surface area contributed by atoms with Crippen molar-refractivity contribution in [1.82, 2.24) is 10.2 Å². The van der Waals surface area contributed by atoms with E-state index in [4.69, 9.17) is 0 Å². The molecule has 8 heteroatoms. The summed E-state index contributed by atoms with van der Waals surface area (Å²) in [5, 5.41) is 22.0. The van der Waals surface area contributed by atoms with Crippen LogP contribution in [0.25, 0.3) is 0 Å². The van der Waals surface area contributed by atoms with E-state index in [1.54, 1.807) is 0 Å². The third-order valence-corrected chi connectivity index (χ3v) is 3.13. The lowest BCUT2D eigenvalue weighted by molar-refractivity contribution is -0.188. The molecule has 0 spiro atoms. The van der Waals surface area contributed by atoms with Gasteiger partial charge in [0.05, 0.1) is 0 Å². The number of alkyl halides is 3. The molecule has 0 radical (unpaired) electrons. The molecule has 0 aliphatic carbocycles. The zero-order valence-electron chi connectivity index (χ0n) is 10.5. The molecule has 1 aromatic rings. The number of nitrogens with zero attached hydrogens (tertiary/aromatic N) is 1. The minimum absolute atomic E-state index is 0. The van der Waals surface area contributed by atoms with Gasteiger partial charge < -0.3 is 15.5 Å². The van der Waals surface area contributed by atoms with E-state index in [2.05, 4.69) is 5.32 Å². The van der Waals surface area contributed by atoms with Gasteiger partial charge in [-0.25, -0.2) is 0 Å². The SMILES string of the molecule is Cl.Oc1ccc(O)c([C@@H](N2CCNCC2)C(F)(F)F)c1. The first-order valence-electron chi connectivity index (χ1n) is 5.93. The topological polar surface area (TPSA) is 55.7 Å². The van der Waals surface area contributed by atoms with E-state index in [9.17, 15) is 23.4 Å². The maximum Gasteiger partial charge on any atom is 0.408 e. The van der Waals surface area contributed by atoms with Gasteiger partial charge >= 0.3 is 6.18 Å². The first-order valence-corrected chi connectivity index (χ1v) is 5.93. The van der Waals surface area contributed by atoms with Crippen LogP contribution in [0.4, 0.5) is 13.2 Å². The molecule has 114 valence electrons. The van der Waals surface area contributed by atoms with Gasteiger partial charge in [-0.05, 0) is 18.2 Å². The highest BCUT2D eigenvalue weighted by molar-refractivity contribution is 5.85. The highest BCUT2D eigenvalue weighted by atomic mass is 35.5. The summed E-state index contributed by atoms with van der Waals surface area (Å²) in [5.74, 6) is -0.754. The molecule has 1 heterocycles. The minimum Gasteiger partial charge on any atom is -0.508 e. The number of aromatic hydroxyl groups is 2. The second-order valence-corrected chi connectivity index (χ2v) is 4.47.